The lowest BCUT2D eigenvalue weighted by molar-refractivity contribution is -0.179. The molecule has 0 aromatic heterocycles. The fraction of sp³-hybridized carbons (Fsp3) is 0.652. The second kappa shape index (κ2) is 11.7. The van der Waals surface area contributed by atoms with Crippen molar-refractivity contribution >= 4 is 24.6 Å². The summed E-state index contributed by atoms with van der Waals surface area (Å²) in [5, 5.41) is 9.99. The minimum Gasteiger partial charge on any atom is -0.424 e. The van der Waals surface area contributed by atoms with Gasteiger partial charge in [0.25, 0.3) is 0 Å². The molecule has 2 aliphatic heterocycles. The first-order chi connectivity index (χ1) is 15.1. The minimum absolute atomic E-state index is 0.00502. The number of aliphatic hydroxyl groups is 1. The zero-order valence-electron chi connectivity index (χ0n) is 18.1. The molecule has 4 unspecified atom stereocenters. The van der Waals surface area contributed by atoms with E-state index in [-0.39, 0.29) is 42.8 Å². The van der Waals surface area contributed by atoms with Gasteiger partial charge in [-0.15, -0.1) is 18.2 Å². The summed E-state index contributed by atoms with van der Waals surface area (Å²) < 4.78 is 24.1. The molecule has 0 bridgehead atoms. The van der Waals surface area contributed by atoms with Crippen LogP contribution in [0.5, 0.6) is 0 Å². The monoisotopic (exact) mass is 464 g/mol. The van der Waals surface area contributed by atoms with Crippen LogP contribution >= 0.6 is 18.2 Å². The van der Waals surface area contributed by atoms with Crippen molar-refractivity contribution in [1.82, 2.24) is 0 Å². The Bertz CT molecular complexity index is 700. The second-order valence-corrected chi connectivity index (χ2v) is 10.9. The molecule has 1 N–H and O–H groups in total. The third-order valence-electron chi connectivity index (χ3n) is 6.58. The van der Waals surface area contributed by atoms with E-state index >= 15 is 0 Å². The van der Waals surface area contributed by atoms with Crippen molar-refractivity contribution in [3.05, 3.63) is 48.0 Å². The number of ether oxygens (including phenoxy) is 3. The van der Waals surface area contributed by atoms with E-state index in [0.717, 1.165) is 45.1 Å². The Labute approximate surface area is 191 Å². The highest BCUT2D eigenvalue weighted by atomic mass is 31.1. The first-order valence-corrected chi connectivity index (χ1v) is 12.9. The molecule has 170 valence electrons. The van der Waals surface area contributed by atoms with E-state index < -0.39 is 6.29 Å². The molecule has 1 aromatic rings. The van der Waals surface area contributed by atoms with Crippen LogP contribution in [0.3, 0.4) is 0 Å². The number of fused-ring (bicyclic) bond motifs is 1. The lowest BCUT2D eigenvalue weighted by Crippen LogP contribution is -2.28. The fourth-order valence-corrected chi connectivity index (χ4v) is 5.49. The van der Waals surface area contributed by atoms with Crippen LogP contribution in [-0.2, 0) is 25.3 Å². The Kier molecular flexibility index (Phi) is 9.00. The van der Waals surface area contributed by atoms with Gasteiger partial charge in [0.05, 0.1) is 18.3 Å². The van der Waals surface area contributed by atoms with Gasteiger partial charge in [0.2, 0.25) is 0 Å². The van der Waals surface area contributed by atoms with Gasteiger partial charge in [-0.1, -0.05) is 42.5 Å². The predicted octanol–water partition coefficient (Wildman–Crippen LogP) is 3.95. The van der Waals surface area contributed by atoms with Gasteiger partial charge in [-0.3, -0.25) is 0 Å². The van der Waals surface area contributed by atoms with Crippen LogP contribution in [0, 0.1) is 11.8 Å². The maximum absolute atomic E-state index is 9.99. The Morgan fingerprint density at radius 3 is 2.77 bits per heavy atom. The van der Waals surface area contributed by atoms with Crippen LogP contribution in [0.4, 0.5) is 0 Å². The summed E-state index contributed by atoms with van der Waals surface area (Å²) in [5.41, 5.74) is 1.32. The van der Waals surface area contributed by atoms with E-state index in [1.807, 2.05) is 6.07 Å². The number of hydrogen-bond donors (Lipinski definition) is 1. The van der Waals surface area contributed by atoms with Crippen LogP contribution in [0.2, 0.25) is 0 Å². The molecule has 9 atom stereocenters. The standard InChI is InChI=1S/C23H35BO5P2/c25-22-14-19-18(21(29-24(30)31)15-20(19)28-22)12-11-17(27-23-8-4-5-13-26-23)10-9-16-6-2-1-3-7-16/h1-3,6-7,11-12,17-23,25H,4-5,8-10,13-15,30-31H2/b12-11+/t17-,18+,19+,20-,21+,22?,23?/m0/s1. The number of hydrogen-bond acceptors (Lipinski definition) is 5. The molecule has 0 radical (unpaired) electrons. The third kappa shape index (κ3) is 6.84. The molecule has 4 rings (SSSR count). The predicted molar refractivity (Wildman–Crippen MR) is 130 cm³/mol. The smallest absolute Gasteiger partial charge is 0.336 e. The summed E-state index contributed by atoms with van der Waals surface area (Å²) in [6, 6.07) is 10.5. The number of benzene rings is 1. The van der Waals surface area contributed by atoms with E-state index in [1.165, 1.54) is 5.56 Å². The quantitative estimate of drug-likeness (QED) is 0.341. The molecular weight excluding hydrogens is 429 g/mol. The number of rotatable bonds is 9. The van der Waals surface area contributed by atoms with E-state index in [1.54, 1.807) is 0 Å². The van der Waals surface area contributed by atoms with Crippen LogP contribution in [0.1, 0.15) is 44.1 Å². The molecular formula is C23H35BO5P2. The lowest BCUT2D eigenvalue weighted by atomic mass is 9.90. The van der Waals surface area contributed by atoms with Crippen LogP contribution in [-0.4, -0.2) is 49.0 Å². The summed E-state index contributed by atoms with van der Waals surface area (Å²) in [6.07, 6.45) is 10.4. The van der Waals surface area contributed by atoms with Gasteiger partial charge in [0.1, 0.15) is 0 Å². The molecule has 8 heteroatoms. The summed E-state index contributed by atoms with van der Waals surface area (Å²) in [5.74, 6) is 0.492. The Morgan fingerprint density at radius 1 is 1.19 bits per heavy atom. The number of aliphatic hydroxyl groups excluding tert-OH is 1. The van der Waals surface area contributed by atoms with E-state index in [0.29, 0.717) is 6.42 Å². The van der Waals surface area contributed by atoms with Gasteiger partial charge in [0.15, 0.2) is 12.6 Å². The Hall–Kier alpha value is -0.315. The average Bonchev–Trinajstić information content (AvgIpc) is 3.26. The van der Waals surface area contributed by atoms with Crippen molar-refractivity contribution in [3.63, 3.8) is 0 Å². The Balaban J connectivity index is 1.44. The molecule has 5 nitrogen and oxygen atoms in total. The molecule has 2 heterocycles. The van der Waals surface area contributed by atoms with Crippen molar-refractivity contribution in [2.24, 2.45) is 11.8 Å². The molecule has 3 aliphatic rings. The molecule has 0 amide bonds. The van der Waals surface area contributed by atoms with Crippen molar-refractivity contribution in [2.45, 2.75) is 75.8 Å². The topological polar surface area (TPSA) is 57.2 Å². The fourth-order valence-electron chi connectivity index (χ4n) is 5.08. The Morgan fingerprint density at radius 2 is 2.03 bits per heavy atom. The molecule has 3 fully saturated rings. The highest BCUT2D eigenvalue weighted by Crippen LogP contribution is 2.45. The highest BCUT2D eigenvalue weighted by Gasteiger charge is 2.49. The van der Waals surface area contributed by atoms with Gasteiger partial charge < -0.3 is 24.0 Å². The largest absolute Gasteiger partial charge is 0.424 e. The highest BCUT2D eigenvalue weighted by molar-refractivity contribution is 7.92. The molecule has 1 aromatic carbocycles. The first-order valence-electron chi connectivity index (χ1n) is 11.6. The average molecular weight is 464 g/mol. The van der Waals surface area contributed by atoms with E-state index in [9.17, 15) is 5.11 Å². The maximum atomic E-state index is 9.99. The van der Waals surface area contributed by atoms with Gasteiger partial charge in [-0.2, -0.15) is 0 Å². The van der Waals surface area contributed by atoms with Gasteiger partial charge >= 0.3 is 6.35 Å². The zero-order valence-corrected chi connectivity index (χ0v) is 20.4. The van der Waals surface area contributed by atoms with Gasteiger partial charge in [-0.05, 0) is 50.0 Å². The van der Waals surface area contributed by atoms with E-state index in [4.69, 9.17) is 18.9 Å². The molecule has 1 aliphatic carbocycles. The van der Waals surface area contributed by atoms with Crippen LogP contribution in [0.15, 0.2) is 42.5 Å². The lowest BCUT2D eigenvalue weighted by Gasteiger charge is -2.27. The number of aryl methyl sites for hydroxylation is 1. The summed E-state index contributed by atoms with van der Waals surface area (Å²) in [6.45, 7) is 0.779. The van der Waals surface area contributed by atoms with Crippen LogP contribution in [0.25, 0.3) is 0 Å². The normalized spacial score (nSPS) is 34.2. The van der Waals surface area contributed by atoms with Crippen molar-refractivity contribution in [3.8, 4) is 0 Å². The molecule has 2 saturated heterocycles. The second-order valence-electron chi connectivity index (χ2n) is 8.86. The summed E-state index contributed by atoms with van der Waals surface area (Å²) in [4.78, 5) is 0. The first kappa shape index (κ1) is 23.8. The molecule has 31 heavy (non-hydrogen) atoms. The van der Waals surface area contributed by atoms with Crippen LogP contribution < -0.4 is 0 Å². The summed E-state index contributed by atoms with van der Waals surface area (Å²) >= 11 is 0. The van der Waals surface area contributed by atoms with E-state index in [2.05, 4.69) is 54.7 Å². The SMILES string of the molecule is OC1C[C@@H]2[C@@H](/C=C/[C@H](CCc3ccccc3)OC3CCCCO3)[C@H](OB(P)P)C[C@@H]2O1. The van der Waals surface area contributed by atoms with Crippen molar-refractivity contribution < 1.29 is 24.0 Å². The maximum Gasteiger partial charge on any atom is 0.336 e. The minimum atomic E-state index is -0.657. The molecule has 1 saturated carbocycles. The van der Waals surface area contributed by atoms with Gasteiger partial charge in [0, 0.05) is 18.9 Å². The third-order valence-corrected chi connectivity index (χ3v) is 6.89. The molecule has 0 spiro atoms. The van der Waals surface area contributed by atoms with Crippen molar-refractivity contribution in [1.29, 1.82) is 0 Å². The van der Waals surface area contributed by atoms with Crippen molar-refractivity contribution in [2.75, 3.05) is 6.61 Å². The zero-order chi connectivity index (χ0) is 21.6. The summed E-state index contributed by atoms with van der Waals surface area (Å²) in [7, 11) is 5.37. The van der Waals surface area contributed by atoms with Gasteiger partial charge in [-0.25, -0.2) is 0 Å².